The maximum absolute atomic E-state index is 6.17. The Morgan fingerprint density at radius 1 is 1.42 bits per heavy atom. The molecule has 0 aliphatic rings. The fourth-order valence-corrected chi connectivity index (χ4v) is 2.93. The molecular formula is C15H19ClN2S. The zero-order chi connectivity index (χ0) is 13.8. The van der Waals surface area contributed by atoms with Crippen molar-refractivity contribution in [2.45, 2.75) is 33.2 Å². The number of hydrogen-bond donors (Lipinski definition) is 1. The lowest BCUT2D eigenvalue weighted by molar-refractivity contribution is 0.577. The molecule has 1 aromatic heterocycles. The summed E-state index contributed by atoms with van der Waals surface area (Å²) < 4.78 is 0. The minimum absolute atomic E-state index is 0.354. The zero-order valence-electron chi connectivity index (χ0n) is 11.5. The Balaban J connectivity index is 2.18. The van der Waals surface area contributed by atoms with Crippen molar-refractivity contribution in [1.82, 2.24) is 10.3 Å². The van der Waals surface area contributed by atoms with Gasteiger partial charge in [0.1, 0.15) is 5.01 Å². The van der Waals surface area contributed by atoms with Gasteiger partial charge in [0.25, 0.3) is 0 Å². The van der Waals surface area contributed by atoms with Gasteiger partial charge in [-0.25, -0.2) is 4.98 Å². The van der Waals surface area contributed by atoms with Crippen LogP contribution in [0.1, 0.15) is 36.8 Å². The van der Waals surface area contributed by atoms with E-state index in [-0.39, 0.29) is 0 Å². The third-order valence-electron chi connectivity index (χ3n) is 3.07. The summed E-state index contributed by atoms with van der Waals surface area (Å²) in [4.78, 5) is 5.77. The number of halogens is 1. The monoisotopic (exact) mass is 294 g/mol. The van der Waals surface area contributed by atoms with Gasteiger partial charge in [-0.05, 0) is 38.4 Å². The van der Waals surface area contributed by atoms with Crippen molar-refractivity contribution < 1.29 is 0 Å². The predicted octanol–water partition coefficient (Wildman–Crippen LogP) is 4.83. The van der Waals surface area contributed by atoms with E-state index in [4.69, 9.17) is 11.6 Å². The standard InChI is InChI=1S/C15H19ClN2S/c1-4-7-17-11(3)14-9-18-15(19-14)12-6-5-10(2)13(16)8-12/h5-6,8-9,11,17H,4,7H2,1-3H3. The highest BCUT2D eigenvalue weighted by Gasteiger charge is 2.11. The number of nitrogens with one attached hydrogen (secondary N) is 1. The topological polar surface area (TPSA) is 24.9 Å². The van der Waals surface area contributed by atoms with Crippen molar-refractivity contribution in [3.8, 4) is 10.6 Å². The molecule has 1 aromatic carbocycles. The Labute approximate surface area is 123 Å². The predicted molar refractivity (Wildman–Crippen MR) is 84.0 cm³/mol. The van der Waals surface area contributed by atoms with Crippen molar-refractivity contribution in [3.05, 3.63) is 39.9 Å². The van der Waals surface area contributed by atoms with E-state index < -0.39 is 0 Å². The van der Waals surface area contributed by atoms with E-state index in [2.05, 4.69) is 30.2 Å². The first-order valence-electron chi connectivity index (χ1n) is 6.57. The second-order valence-corrected chi connectivity index (χ2v) is 6.18. The number of aryl methyl sites for hydroxylation is 1. The SMILES string of the molecule is CCCNC(C)c1cnc(-c2ccc(C)c(Cl)c2)s1. The van der Waals surface area contributed by atoms with Crippen LogP contribution in [0.2, 0.25) is 5.02 Å². The van der Waals surface area contributed by atoms with E-state index in [0.717, 1.165) is 34.1 Å². The molecule has 2 aromatic rings. The summed E-state index contributed by atoms with van der Waals surface area (Å²) in [7, 11) is 0. The van der Waals surface area contributed by atoms with Gasteiger partial charge < -0.3 is 5.32 Å². The summed E-state index contributed by atoms with van der Waals surface area (Å²) in [6.45, 7) is 7.39. The van der Waals surface area contributed by atoms with Crippen molar-refractivity contribution in [2.24, 2.45) is 0 Å². The van der Waals surface area contributed by atoms with Crippen LogP contribution in [0.4, 0.5) is 0 Å². The molecule has 1 unspecified atom stereocenters. The van der Waals surface area contributed by atoms with E-state index in [1.807, 2.05) is 25.3 Å². The van der Waals surface area contributed by atoms with Gasteiger partial charge in [0.05, 0.1) is 0 Å². The van der Waals surface area contributed by atoms with Crippen LogP contribution in [0.25, 0.3) is 10.6 Å². The van der Waals surface area contributed by atoms with Gasteiger partial charge in [0, 0.05) is 27.7 Å². The van der Waals surface area contributed by atoms with Gasteiger partial charge in [-0.15, -0.1) is 11.3 Å². The lowest BCUT2D eigenvalue weighted by Crippen LogP contribution is -2.18. The maximum atomic E-state index is 6.17. The molecule has 2 nitrogen and oxygen atoms in total. The molecule has 0 radical (unpaired) electrons. The molecular weight excluding hydrogens is 276 g/mol. The molecule has 0 aliphatic carbocycles. The number of aromatic nitrogens is 1. The fraction of sp³-hybridized carbons (Fsp3) is 0.400. The van der Waals surface area contributed by atoms with Gasteiger partial charge >= 0.3 is 0 Å². The van der Waals surface area contributed by atoms with Gasteiger partial charge in [0.2, 0.25) is 0 Å². The summed E-state index contributed by atoms with van der Waals surface area (Å²) in [5, 5.41) is 5.31. The molecule has 4 heteroatoms. The Bertz CT molecular complexity index is 551. The fourth-order valence-electron chi connectivity index (χ4n) is 1.81. The van der Waals surface area contributed by atoms with Crippen LogP contribution < -0.4 is 5.32 Å². The number of nitrogens with zero attached hydrogens (tertiary/aromatic N) is 1. The first kappa shape index (κ1) is 14.5. The first-order chi connectivity index (χ1) is 9.11. The molecule has 0 bridgehead atoms. The smallest absolute Gasteiger partial charge is 0.123 e. The Hall–Kier alpha value is -0.900. The van der Waals surface area contributed by atoms with Crippen molar-refractivity contribution >= 4 is 22.9 Å². The first-order valence-corrected chi connectivity index (χ1v) is 7.77. The van der Waals surface area contributed by atoms with E-state index in [1.165, 1.54) is 4.88 Å². The second-order valence-electron chi connectivity index (χ2n) is 4.71. The van der Waals surface area contributed by atoms with Gasteiger partial charge in [-0.2, -0.15) is 0 Å². The molecule has 0 spiro atoms. The molecule has 19 heavy (non-hydrogen) atoms. The van der Waals surface area contributed by atoms with Crippen molar-refractivity contribution in [3.63, 3.8) is 0 Å². The maximum Gasteiger partial charge on any atom is 0.123 e. The van der Waals surface area contributed by atoms with Crippen LogP contribution >= 0.6 is 22.9 Å². The highest BCUT2D eigenvalue weighted by Crippen LogP contribution is 2.31. The number of hydrogen-bond acceptors (Lipinski definition) is 3. The zero-order valence-corrected chi connectivity index (χ0v) is 13.1. The third kappa shape index (κ3) is 3.56. The average Bonchev–Trinajstić information content (AvgIpc) is 2.89. The Morgan fingerprint density at radius 3 is 2.89 bits per heavy atom. The molecule has 1 atom stereocenters. The number of rotatable bonds is 5. The summed E-state index contributed by atoms with van der Waals surface area (Å²) in [5.74, 6) is 0. The Kier molecular flexibility index (Phi) is 4.97. The molecule has 0 amide bonds. The van der Waals surface area contributed by atoms with Crippen molar-refractivity contribution in [1.29, 1.82) is 0 Å². The summed E-state index contributed by atoms with van der Waals surface area (Å²) >= 11 is 7.89. The van der Waals surface area contributed by atoms with Crippen LogP contribution in [-0.2, 0) is 0 Å². The summed E-state index contributed by atoms with van der Waals surface area (Å²) in [6, 6.07) is 6.46. The quantitative estimate of drug-likeness (QED) is 0.854. The van der Waals surface area contributed by atoms with E-state index >= 15 is 0 Å². The van der Waals surface area contributed by atoms with E-state index in [1.54, 1.807) is 11.3 Å². The van der Waals surface area contributed by atoms with Crippen LogP contribution in [0.15, 0.2) is 24.4 Å². The minimum Gasteiger partial charge on any atom is -0.309 e. The van der Waals surface area contributed by atoms with Gasteiger partial charge in [-0.3, -0.25) is 0 Å². The van der Waals surface area contributed by atoms with Crippen molar-refractivity contribution in [2.75, 3.05) is 6.54 Å². The van der Waals surface area contributed by atoms with Gasteiger partial charge in [0.15, 0.2) is 0 Å². The van der Waals surface area contributed by atoms with Crippen LogP contribution in [0.3, 0.4) is 0 Å². The molecule has 0 saturated heterocycles. The molecule has 102 valence electrons. The van der Waals surface area contributed by atoms with Crippen LogP contribution in [0, 0.1) is 6.92 Å². The molecule has 2 rings (SSSR count). The molecule has 0 saturated carbocycles. The average molecular weight is 295 g/mol. The highest BCUT2D eigenvalue weighted by atomic mass is 35.5. The Morgan fingerprint density at radius 2 is 2.21 bits per heavy atom. The van der Waals surface area contributed by atoms with Crippen LogP contribution in [0.5, 0.6) is 0 Å². The third-order valence-corrected chi connectivity index (χ3v) is 4.71. The number of benzene rings is 1. The molecule has 1 N–H and O–H groups in total. The lowest BCUT2D eigenvalue weighted by Gasteiger charge is -2.09. The normalized spacial score (nSPS) is 12.6. The van der Waals surface area contributed by atoms with E-state index in [0.29, 0.717) is 6.04 Å². The molecule has 0 aliphatic heterocycles. The lowest BCUT2D eigenvalue weighted by atomic mass is 10.1. The number of thiazole rings is 1. The highest BCUT2D eigenvalue weighted by molar-refractivity contribution is 7.15. The minimum atomic E-state index is 0.354. The van der Waals surface area contributed by atoms with Crippen LogP contribution in [-0.4, -0.2) is 11.5 Å². The second kappa shape index (κ2) is 6.51. The molecule has 0 fully saturated rings. The molecule has 1 heterocycles. The van der Waals surface area contributed by atoms with E-state index in [9.17, 15) is 0 Å². The summed E-state index contributed by atoms with van der Waals surface area (Å²) in [5.41, 5.74) is 2.19. The van der Waals surface area contributed by atoms with Gasteiger partial charge in [-0.1, -0.05) is 30.7 Å². The largest absolute Gasteiger partial charge is 0.309 e. The summed E-state index contributed by atoms with van der Waals surface area (Å²) in [6.07, 6.45) is 3.10.